The highest BCUT2D eigenvalue weighted by Gasteiger charge is 2.17. The lowest BCUT2D eigenvalue weighted by atomic mass is 10.1. The molecule has 5 nitrogen and oxygen atoms in total. The van der Waals surface area contributed by atoms with Crippen LogP contribution in [0.5, 0.6) is 0 Å². The third-order valence-corrected chi connectivity index (χ3v) is 2.70. The number of carbonyl (C=O) groups excluding carboxylic acids is 1. The second-order valence-electron chi connectivity index (χ2n) is 5.58. The summed E-state index contributed by atoms with van der Waals surface area (Å²) in [6, 6.07) is 0.0580. The summed E-state index contributed by atoms with van der Waals surface area (Å²) in [6.07, 6.45) is 4.81. The van der Waals surface area contributed by atoms with E-state index < -0.39 is 0 Å². The minimum Gasteiger partial charge on any atom is -0.396 e. The Morgan fingerprint density at radius 3 is 2.72 bits per heavy atom. The molecule has 1 amide bonds. The number of aromatic nitrogens is 2. The zero-order valence-electron chi connectivity index (χ0n) is 11.6. The maximum Gasteiger partial charge on any atom is 0.254 e. The molecule has 1 aromatic rings. The highest BCUT2D eigenvalue weighted by molar-refractivity contribution is 5.93. The zero-order valence-corrected chi connectivity index (χ0v) is 11.6. The van der Waals surface area contributed by atoms with E-state index in [0.29, 0.717) is 12.0 Å². The molecule has 1 rings (SSSR count). The number of nitrogens with zero attached hydrogens (tertiary/aromatic N) is 2. The lowest BCUT2D eigenvalue weighted by molar-refractivity contribution is 0.0936. The van der Waals surface area contributed by atoms with Crippen molar-refractivity contribution in [3.8, 4) is 0 Å². The van der Waals surface area contributed by atoms with Crippen LogP contribution in [-0.2, 0) is 5.54 Å². The van der Waals surface area contributed by atoms with Crippen molar-refractivity contribution in [1.29, 1.82) is 0 Å². The number of hydrogen-bond acceptors (Lipinski definition) is 3. The van der Waals surface area contributed by atoms with E-state index in [1.54, 1.807) is 17.1 Å². The summed E-state index contributed by atoms with van der Waals surface area (Å²) in [4.78, 5) is 11.9. The monoisotopic (exact) mass is 253 g/mol. The Morgan fingerprint density at radius 1 is 1.56 bits per heavy atom. The Bertz CT molecular complexity index is 393. The van der Waals surface area contributed by atoms with Crippen molar-refractivity contribution in [3.63, 3.8) is 0 Å². The largest absolute Gasteiger partial charge is 0.396 e. The molecule has 0 saturated heterocycles. The van der Waals surface area contributed by atoms with E-state index in [1.165, 1.54) is 0 Å². The van der Waals surface area contributed by atoms with E-state index in [1.807, 2.05) is 27.7 Å². The van der Waals surface area contributed by atoms with E-state index in [2.05, 4.69) is 10.4 Å². The van der Waals surface area contributed by atoms with E-state index >= 15 is 0 Å². The zero-order chi connectivity index (χ0) is 13.8. The number of hydrogen-bond donors (Lipinski definition) is 2. The molecule has 0 bridgehead atoms. The van der Waals surface area contributed by atoms with Crippen LogP contribution in [0.2, 0.25) is 0 Å². The average Bonchev–Trinajstić information content (AvgIpc) is 2.75. The van der Waals surface area contributed by atoms with Crippen LogP contribution in [0.25, 0.3) is 0 Å². The molecule has 1 aromatic heterocycles. The molecule has 1 unspecified atom stereocenters. The summed E-state index contributed by atoms with van der Waals surface area (Å²) in [7, 11) is 0. The van der Waals surface area contributed by atoms with E-state index in [0.717, 1.165) is 6.42 Å². The third-order valence-electron chi connectivity index (χ3n) is 2.70. The second-order valence-corrected chi connectivity index (χ2v) is 5.58. The fourth-order valence-electron chi connectivity index (χ4n) is 1.58. The number of aliphatic hydroxyl groups excluding tert-OH is 1. The maximum atomic E-state index is 11.9. The van der Waals surface area contributed by atoms with Gasteiger partial charge in [-0.05, 0) is 40.5 Å². The van der Waals surface area contributed by atoms with Gasteiger partial charge in [-0.15, -0.1) is 0 Å². The van der Waals surface area contributed by atoms with Gasteiger partial charge in [0.05, 0.1) is 17.3 Å². The van der Waals surface area contributed by atoms with Crippen LogP contribution in [0.15, 0.2) is 12.4 Å². The minimum atomic E-state index is -0.124. The van der Waals surface area contributed by atoms with Crippen LogP contribution in [0.1, 0.15) is 50.9 Å². The molecular weight excluding hydrogens is 230 g/mol. The topological polar surface area (TPSA) is 67.2 Å². The van der Waals surface area contributed by atoms with Gasteiger partial charge in [-0.25, -0.2) is 0 Å². The molecule has 0 saturated carbocycles. The van der Waals surface area contributed by atoms with Crippen molar-refractivity contribution in [2.24, 2.45) is 0 Å². The Morgan fingerprint density at radius 2 is 2.22 bits per heavy atom. The van der Waals surface area contributed by atoms with Crippen molar-refractivity contribution < 1.29 is 9.90 Å². The van der Waals surface area contributed by atoms with Gasteiger partial charge in [0, 0.05) is 18.8 Å². The van der Waals surface area contributed by atoms with Crippen LogP contribution in [0.4, 0.5) is 0 Å². The summed E-state index contributed by atoms with van der Waals surface area (Å²) in [5.41, 5.74) is 0.446. The van der Waals surface area contributed by atoms with Crippen molar-refractivity contribution in [3.05, 3.63) is 18.0 Å². The van der Waals surface area contributed by atoms with Crippen molar-refractivity contribution in [2.45, 2.75) is 52.1 Å². The van der Waals surface area contributed by atoms with Gasteiger partial charge in [-0.3, -0.25) is 9.48 Å². The first kappa shape index (κ1) is 14.7. The third kappa shape index (κ3) is 4.14. The highest BCUT2D eigenvalue weighted by Crippen LogP contribution is 2.13. The molecule has 0 spiro atoms. The standard InChI is InChI=1S/C13H23N3O2/c1-10(6-5-7-17)15-12(18)11-8-14-16(9-11)13(2,3)4/h8-10,17H,5-7H2,1-4H3,(H,15,18). The normalized spacial score (nSPS) is 13.4. The Balaban J connectivity index is 2.59. The summed E-state index contributed by atoms with van der Waals surface area (Å²) in [6.45, 7) is 8.19. The van der Waals surface area contributed by atoms with Gasteiger partial charge in [-0.1, -0.05) is 0 Å². The Hall–Kier alpha value is -1.36. The van der Waals surface area contributed by atoms with Crippen molar-refractivity contribution in [1.82, 2.24) is 15.1 Å². The summed E-state index contributed by atoms with van der Waals surface area (Å²) in [5.74, 6) is -0.115. The first-order valence-corrected chi connectivity index (χ1v) is 6.31. The molecule has 1 atom stereocenters. The van der Waals surface area contributed by atoms with Gasteiger partial charge in [0.25, 0.3) is 5.91 Å². The smallest absolute Gasteiger partial charge is 0.254 e. The lowest BCUT2D eigenvalue weighted by Gasteiger charge is -2.18. The molecule has 2 N–H and O–H groups in total. The number of carbonyl (C=O) groups is 1. The van der Waals surface area contributed by atoms with Gasteiger partial charge < -0.3 is 10.4 Å². The van der Waals surface area contributed by atoms with E-state index in [4.69, 9.17) is 5.11 Å². The molecular formula is C13H23N3O2. The molecule has 18 heavy (non-hydrogen) atoms. The fraction of sp³-hybridized carbons (Fsp3) is 0.692. The predicted molar refractivity (Wildman–Crippen MR) is 70.5 cm³/mol. The van der Waals surface area contributed by atoms with Gasteiger partial charge in [0.15, 0.2) is 0 Å². The summed E-state index contributed by atoms with van der Waals surface area (Å²) >= 11 is 0. The summed E-state index contributed by atoms with van der Waals surface area (Å²) < 4.78 is 1.78. The van der Waals surface area contributed by atoms with Gasteiger partial charge in [0.2, 0.25) is 0 Å². The Kier molecular flexibility index (Phi) is 4.90. The number of nitrogens with one attached hydrogen (secondary N) is 1. The summed E-state index contributed by atoms with van der Waals surface area (Å²) in [5, 5.41) is 15.8. The molecule has 0 aliphatic carbocycles. The van der Waals surface area contributed by atoms with Gasteiger partial charge in [-0.2, -0.15) is 5.10 Å². The molecule has 0 fully saturated rings. The van der Waals surface area contributed by atoms with Gasteiger partial charge in [0.1, 0.15) is 0 Å². The first-order valence-electron chi connectivity index (χ1n) is 6.31. The quantitative estimate of drug-likeness (QED) is 0.836. The van der Waals surface area contributed by atoms with E-state index in [-0.39, 0.29) is 24.1 Å². The number of rotatable bonds is 5. The first-order chi connectivity index (χ1) is 8.34. The van der Waals surface area contributed by atoms with Crippen LogP contribution in [-0.4, -0.2) is 33.4 Å². The van der Waals surface area contributed by atoms with Crippen LogP contribution < -0.4 is 5.32 Å². The predicted octanol–water partition coefficient (Wildman–Crippen LogP) is 1.53. The molecule has 0 radical (unpaired) electrons. The highest BCUT2D eigenvalue weighted by atomic mass is 16.3. The van der Waals surface area contributed by atoms with Crippen molar-refractivity contribution >= 4 is 5.91 Å². The van der Waals surface area contributed by atoms with E-state index in [9.17, 15) is 4.79 Å². The molecule has 102 valence electrons. The van der Waals surface area contributed by atoms with Crippen molar-refractivity contribution in [2.75, 3.05) is 6.61 Å². The molecule has 0 aromatic carbocycles. The fourth-order valence-corrected chi connectivity index (χ4v) is 1.58. The lowest BCUT2D eigenvalue weighted by Crippen LogP contribution is -2.32. The molecule has 0 aliphatic heterocycles. The van der Waals surface area contributed by atoms with Crippen LogP contribution in [0.3, 0.4) is 0 Å². The average molecular weight is 253 g/mol. The SMILES string of the molecule is CC(CCCO)NC(=O)c1cnn(C(C)(C)C)c1. The van der Waals surface area contributed by atoms with Crippen LogP contribution >= 0.6 is 0 Å². The number of amides is 1. The van der Waals surface area contributed by atoms with Crippen LogP contribution in [0, 0.1) is 0 Å². The number of aliphatic hydroxyl groups is 1. The van der Waals surface area contributed by atoms with Gasteiger partial charge >= 0.3 is 0 Å². The maximum absolute atomic E-state index is 11.9. The minimum absolute atomic E-state index is 0.0580. The molecule has 1 heterocycles. The molecule has 0 aliphatic rings. The Labute approximate surface area is 108 Å². The second kappa shape index (κ2) is 6.00. The molecule has 5 heteroatoms.